The third-order valence-electron chi connectivity index (χ3n) is 2.28. The second-order valence-electron chi connectivity index (χ2n) is 3.22. The summed E-state index contributed by atoms with van der Waals surface area (Å²) in [6.07, 6.45) is 3.77. The monoisotopic (exact) mass is 188 g/mol. The lowest BCUT2D eigenvalue weighted by atomic mass is 10.1. The Kier molecular flexibility index (Phi) is 2.60. The smallest absolute Gasteiger partial charge is 0.100 e. The van der Waals surface area contributed by atoms with Gasteiger partial charge >= 0.3 is 0 Å². The molecule has 1 aromatic heterocycles. The van der Waals surface area contributed by atoms with Crippen molar-refractivity contribution in [1.29, 1.82) is 0 Å². The number of quaternary nitrogens is 1. The summed E-state index contributed by atoms with van der Waals surface area (Å²) >= 11 is 0. The minimum Gasteiger partial charge on any atom is -0.354 e. The average Bonchev–Trinajstić information content (AvgIpc) is 2.71. The van der Waals surface area contributed by atoms with Crippen LogP contribution in [0.4, 0.5) is 0 Å². The van der Waals surface area contributed by atoms with Gasteiger partial charge in [-0.2, -0.15) is 5.10 Å². The van der Waals surface area contributed by atoms with E-state index in [2.05, 4.69) is 29.0 Å². The van der Waals surface area contributed by atoms with E-state index in [1.165, 1.54) is 11.1 Å². The Morgan fingerprint density at radius 2 is 1.93 bits per heavy atom. The molecule has 1 aromatic carbocycles. The van der Waals surface area contributed by atoms with Gasteiger partial charge < -0.3 is 5.73 Å². The van der Waals surface area contributed by atoms with E-state index >= 15 is 0 Å². The van der Waals surface area contributed by atoms with E-state index in [0.29, 0.717) is 0 Å². The maximum atomic E-state index is 4.18. The molecule has 0 aliphatic carbocycles. The molecule has 0 amide bonds. The van der Waals surface area contributed by atoms with Gasteiger partial charge in [0, 0.05) is 18.0 Å². The van der Waals surface area contributed by atoms with Gasteiger partial charge in [0.15, 0.2) is 0 Å². The zero-order valence-electron chi connectivity index (χ0n) is 8.06. The normalized spacial score (nSPS) is 10.4. The summed E-state index contributed by atoms with van der Waals surface area (Å²) in [5.41, 5.74) is 6.51. The average molecular weight is 188 g/mol. The van der Waals surface area contributed by atoms with Gasteiger partial charge in [0.05, 0.1) is 6.54 Å². The van der Waals surface area contributed by atoms with Gasteiger partial charge in [0.1, 0.15) is 6.54 Å². The molecule has 0 aliphatic rings. The summed E-state index contributed by atoms with van der Waals surface area (Å²) in [7, 11) is 0. The Balaban J connectivity index is 2.24. The van der Waals surface area contributed by atoms with Crippen LogP contribution in [0.5, 0.6) is 0 Å². The SMILES string of the molecule is [NH3+]Cc1ccccc1Cn1cccn1. The fourth-order valence-corrected chi connectivity index (χ4v) is 1.52. The quantitative estimate of drug-likeness (QED) is 0.756. The van der Waals surface area contributed by atoms with Crippen molar-refractivity contribution in [2.45, 2.75) is 13.1 Å². The van der Waals surface area contributed by atoms with Crippen LogP contribution in [0, 0.1) is 0 Å². The van der Waals surface area contributed by atoms with Crippen molar-refractivity contribution < 1.29 is 5.73 Å². The predicted molar refractivity (Wildman–Crippen MR) is 54.4 cm³/mol. The van der Waals surface area contributed by atoms with Crippen molar-refractivity contribution >= 4 is 0 Å². The van der Waals surface area contributed by atoms with Crippen molar-refractivity contribution in [3.8, 4) is 0 Å². The molecule has 3 nitrogen and oxygen atoms in total. The molecule has 1 heterocycles. The summed E-state index contributed by atoms with van der Waals surface area (Å²) in [5.74, 6) is 0. The maximum Gasteiger partial charge on any atom is 0.100 e. The van der Waals surface area contributed by atoms with Crippen molar-refractivity contribution in [2.24, 2.45) is 0 Å². The van der Waals surface area contributed by atoms with Gasteiger partial charge in [0.2, 0.25) is 0 Å². The van der Waals surface area contributed by atoms with Crippen LogP contribution in [0.3, 0.4) is 0 Å². The van der Waals surface area contributed by atoms with Crippen molar-refractivity contribution in [1.82, 2.24) is 9.78 Å². The lowest BCUT2D eigenvalue weighted by Crippen LogP contribution is -2.47. The van der Waals surface area contributed by atoms with E-state index in [0.717, 1.165) is 13.1 Å². The van der Waals surface area contributed by atoms with E-state index in [1.54, 1.807) is 6.20 Å². The molecule has 0 radical (unpaired) electrons. The number of benzene rings is 1. The van der Waals surface area contributed by atoms with Crippen molar-refractivity contribution in [3.05, 3.63) is 53.9 Å². The standard InChI is InChI=1S/C11H13N3/c12-8-10-4-1-2-5-11(10)9-14-7-3-6-13-14/h1-7H,8-9,12H2/p+1. The zero-order chi connectivity index (χ0) is 9.80. The van der Waals surface area contributed by atoms with Crippen LogP contribution in [0.1, 0.15) is 11.1 Å². The molecule has 2 rings (SSSR count). The molecule has 0 unspecified atom stereocenters. The minimum atomic E-state index is 0.831. The van der Waals surface area contributed by atoms with Gasteiger partial charge in [-0.15, -0.1) is 0 Å². The fraction of sp³-hybridized carbons (Fsp3) is 0.182. The van der Waals surface area contributed by atoms with Crippen LogP contribution in [0.25, 0.3) is 0 Å². The lowest BCUT2D eigenvalue weighted by Gasteiger charge is -2.05. The van der Waals surface area contributed by atoms with Gasteiger partial charge in [-0.05, 0) is 11.6 Å². The predicted octanol–water partition coefficient (Wildman–Crippen LogP) is 0.673. The molecule has 0 saturated carbocycles. The number of aromatic nitrogens is 2. The molecular formula is C11H14N3+. The van der Waals surface area contributed by atoms with Crippen molar-refractivity contribution in [2.75, 3.05) is 0 Å². The number of nitrogens with zero attached hydrogens (tertiary/aromatic N) is 2. The van der Waals surface area contributed by atoms with Gasteiger partial charge in [-0.1, -0.05) is 24.3 Å². The summed E-state index contributed by atoms with van der Waals surface area (Å²) < 4.78 is 1.93. The third kappa shape index (κ3) is 1.83. The molecular weight excluding hydrogens is 174 g/mol. The second kappa shape index (κ2) is 4.07. The Hall–Kier alpha value is -1.61. The van der Waals surface area contributed by atoms with E-state index in [4.69, 9.17) is 0 Å². The van der Waals surface area contributed by atoms with E-state index < -0.39 is 0 Å². The molecule has 14 heavy (non-hydrogen) atoms. The van der Waals surface area contributed by atoms with Gasteiger partial charge in [-0.3, -0.25) is 4.68 Å². The highest BCUT2D eigenvalue weighted by Gasteiger charge is 2.01. The fourth-order valence-electron chi connectivity index (χ4n) is 1.52. The zero-order valence-corrected chi connectivity index (χ0v) is 8.06. The Morgan fingerprint density at radius 1 is 1.14 bits per heavy atom. The summed E-state index contributed by atoms with van der Waals surface area (Å²) in [4.78, 5) is 0. The van der Waals surface area contributed by atoms with E-state index in [1.807, 2.05) is 23.0 Å². The highest BCUT2D eigenvalue weighted by Crippen LogP contribution is 2.08. The molecule has 0 spiro atoms. The van der Waals surface area contributed by atoms with Gasteiger partial charge in [0.25, 0.3) is 0 Å². The molecule has 2 aromatic rings. The topological polar surface area (TPSA) is 45.5 Å². The first kappa shape index (κ1) is 8.97. The number of rotatable bonds is 3. The van der Waals surface area contributed by atoms with Crippen LogP contribution >= 0.6 is 0 Å². The van der Waals surface area contributed by atoms with Crippen molar-refractivity contribution in [3.63, 3.8) is 0 Å². The molecule has 0 fully saturated rings. The highest BCUT2D eigenvalue weighted by molar-refractivity contribution is 5.26. The molecule has 0 saturated heterocycles. The first-order valence-electron chi connectivity index (χ1n) is 4.73. The first-order valence-corrected chi connectivity index (χ1v) is 4.73. The van der Waals surface area contributed by atoms with Crippen LogP contribution in [-0.4, -0.2) is 9.78 Å². The minimum absolute atomic E-state index is 0.831. The molecule has 0 atom stereocenters. The summed E-state index contributed by atoms with van der Waals surface area (Å²) in [5, 5.41) is 4.18. The summed E-state index contributed by atoms with van der Waals surface area (Å²) in [6.45, 7) is 1.66. The highest BCUT2D eigenvalue weighted by atomic mass is 15.3. The van der Waals surface area contributed by atoms with E-state index in [-0.39, 0.29) is 0 Å². The van der Waals surface area contributed by atoms with Gasteiger partial charge in [-0.25, -0.2) is 0 Å². The van der Waals surface area contributed by atoms with Crippen LogP contribution < -0.4 is 5.73 Å². The maximum absolute atomic E-state index is 4.18. The summed E-state index contributed by atoms with van der Waals surface area (Å²) in [6, 6.07) is 10.3. The second-order valence-corrected chi connectivity index (χ2v) is 3.22. The Morgan fingerprint density at radius 3 is 2.57 bits per heavy atom. The largest absolute Gasteiger partial charge is 0.354 e. The number of hydrogen-bond acceptors (Lipinski definition) is 1. The molecule has 3 heteroatoms. The Labute approximate surface area is 83.2 Å². The Bertz CT molecular complexity index is 393. The molecule has 72 valence electrons. The number of hydrogen-bond donors (Lipinski definition) is 1. The van der Waals surface area contributed by atoms with Crippen LogP contribution in [0.15, 0.2) is 42.7 Å². The molecule has 0 bridgehead atoms. The van der Waals surface area contributed by atoms with Crippen LogP contribution in [-0.2, 0) is 13.1 Å². The third-order valence-corrected chi connectivity index (χ3v) is 2.28. The van der Waals surface area contributed by atoms with E-state index in [9.17, 15) is 0 Å². The van der Waals surface area contributed by atoms with Crippen LogP contribution in [0.2, 0.25) is 0 Å². The first-order chi connectivity index (χ1) is 6.90. The molecule has 3 N–H and O–H groups in total. The molecule has 0 aliphatic heterocycles. The lowest BCUT2D eigenvalue weighted by molar-refractivity contribution is -0.386.